The van der Waals surface area contributed by atoms with E-state index in [9.17, 15) is 4.79 Å². The Labute approximate surface area is 123 Å². The van der Waals surface area contributed by atoms with Gasteiger partial charge in [-0.3, -0.25) is 14.4 Å². The van der Waals surface area contributed by atoms with Crippen LogP contribution in [0.3, 0.4) is 0 Å². The molecule has 0 bridgehead atoms. The lowest BCUT2D eigenvalue weighted by Gasteiger charge is -2.16. The molecular weight excluding hydrogens is 272 g/mol. The number of anilines is 1. The van der Waals surface area contributed by atoms with Crippen LogP contribution in [0.25, 0.3) is 0 Å². The molecule has 21 heavy (non-hydrogen) atoms. The first-order valence-electron chi connectivity index (χ1n) is 6.94. The van der Waals surface area contributed by atoms with Gasteiger partial charge < -0.3 is 9.84 Å². The molecule has 2 aromatic heterocycles. The number of aryl methyl sites for hydroxylation is 2. The van der Waals surface area contributed by atoms with Gasteiger partial charge in [0.05, 0.1) is 13.1 Å². The van der Waals surface area contributed by atoms with Crippen LogP contribution in [0.2, 0.25) is 0 Å². The fraction of sp³-hybridized carbons (Fsp3) is 0.538. The lowest BCUT2D eigenvalue weighted by Crippen LogP contribution is -2.33. The van der Waals surface area contributed by atoms with Gasteiger partial charge in [-0.2, -0.15) is 10.1 Å². The van der Waals surface area contributed by atoms with Crippen molar-refractivity contribution >= 4 is 11.7 Å². The Kier molecular flexibility index (Phi) is 5.04. The zero-order valence-corrected chi connectivity index (χ0v) is 12.5. The zero-order chi connectivity index (χ0) is 15.2. The highest BCUT2D eigenvalue weighted by Crippen LogP contribution is 2.05. The number of aromatic nitrogens is 4. The van der Waals surface area contributed by atoms with Crippen molar-refractivity contribution in [3.8, 4) is 0 Å². The van der Waals surface area contributed by atoms with Crippen LogP contribution in [-0.4, -0.2) is 43.8 Å². The first-order chi connectivity index (χ1) is 10.1. The molecule has 8 heteroatoms. The van der Waals surface area contributed by atoms with Crippen molar-refractivity contribution in [3.05, 3.63) is 24.0 Å². The first kappa shape index (κ1) is 15.2. The molecular formula is C13H20N6O2. The molecule has 0 aliphatic heterocycles. The molecule has 2 rings (SSSR count). The SMILES string of the molecule is CCc1noc(CN(CC)CC(=O)Nc2ccn(C)n2)n1. The van der Waals surface area contributed by atoms with Crippen LogP contribution in [0.4, 0.5) is 5.82 Å². The fourth-order valence-corrected chi connectivity index (χ4v) is 1.84. The van der Waals surface area contributed by atoms with Crippen LogP contribution in [-0.2, 0) is 24.8 Å². The molecule has 0 spiro atoms. The largest absolute Gasteiger partial charge is 0.338 e. The quantitative estimate of drug-likeness (QED) is 0.813. The molecule has 114 valence electrons. The highest BCUT2D eigenvalue weighted by molar-refractivity contribution is 5.91. The van der Waals surface area contributed by atoms with Gasteiger partial charge in [0.15, 0.2) is 11.6 Å². The normalized spacial score (nSPS) is 11.0. The van der Waals surface area contributed by atoms with Crippen LogP contribution < -0.4 is 5.32 Å². The van der Waals surface area contributed by atoms with Gasteiger partial charge in [-0.05, 0) is 6.54 Å². The summed E-state index contributed by atoms with van der Waals surface area (Å²) in [5, 5.41) is 10.7. The molecule has 1 N–H and O–H groups in total. The van der Waals surface area contributed by atoms with Crippen molar-refractivity contribution in [1.29, 1.82) is 0 Å². The molecule has 0 aliphatic carbocycles. The van der Waals surface area contributed by atoms with Gasteiger partial charge in [-0.15, -0.1) is 0 Å². The molecule has 0 aromatic carbocycles. The Bertz CT molecular complexity index is 591. The van der Waals surface area contributed by atoms with E-state index >= 15 is 0 Å². The summed E-state index contributed by atoms with van der Waals surface area (Å²) < 4.78 is 6.78. The summed E-state index contributed by atoms with van der Waals surface area (Å²) in [7, 11) is 1.80. The summed E-state index contributed by atoms with van der Waals surface area (Å²) in [5.74, 6) is 1.63. The van der Waals surface area contributed by atoms with Gasteiger partial charge in [-0.1, -0.05) is 19.0 Å². The summed E-state index contributed by atoms with van der Waals surface area (Å²) >= 11 is 0. The van der Waals surface area contributed by atoms with E-state index < -0.39 is 0 Å². The minimum absolute atomic E-state index is 0.120. The van der Waals surface area contributed by atoms with Crippen molar-refractivity contribution in [2.75, 3.05) is 18.4 Å². The Balaban J connectivity index is 1.87. The Hall–Kier alpha value is -2.22. The van der Waals surface area contributed by atoms with Crippen LogP contribution in [0, 0.1) is 0 Å². The molecule has 2 aromatic rings. The highest BCUT2D eigenvalue weighted by atomic mass is 16.5. The Morgan fingerprint density at radius 3 is 2.86 bits per heavy atom. The number of carbonyl (C=O) groups is 1. The minimum Gasteiger partial charge on any atom is -0.338 e. The summed E-state index contributed by atoms with van der Waals surface area (Å²) in [5.41, 5.74) is 0. The number of likely N-dealkylation sites (N-methyl/N-ethyl adjacent to an activating group) is 1. The van der Waals surface area contributed by atoms with E-state index in [0.29, 0.717) is 30.6 Å². The summed E-state index contributed by atoms with van der Waals surface area (Å²) in [6, 6.07) is 1.75. The lowest BCUT2D eigenvalue weighted by molar-refractivity contribution is -0.117. The van der Waals surface area contributed by atoms with E-state index in [2.05, 4.69) is 20.6 Å². The average molecular weight is 292 g/mol. The second-order valence-electron chi connectivity index (χ2n) is 4.68. The molecule has 0 saturated heterocycles. The molecule has 0 atom stereocenters. The Morgan fingerprint density at radius 1 is 1.48 bits per heavy atom. The molecule has 8 nitrogen and oxygen atoms in total. The van der Waals surface area contributed by atoms with Crippen molar-refractivity contribution in [2.24, 2.45) is 7.05 Å². The van der Waals surface area contributed by atoms with E-state index in [-0.39, 0.29) is 12.5 Å². The maximum atomic E-state index is 12.0. The Morgan fingerprint density at radius 2 is 2.29 bits per heavy atom. The molecule has 1 amide bonds. The van der Waals surface area contributed by atoms with Crippen LogP contribution in [0.15, 0.2) is 16.8 Å². The maximum absolute atomic E-state index is 12.0. The number of nitrogens with one attached hydrogen (secondary N) is 1. The number of hydrogen-bond acceptors (Lipinski definition) is 6. The number of nitrogens with zero attached hydrogens (tertiary/aromatic N) is 5. The van der Waals surface area contributed by atoms with Gasteiger partial charge in [0.2, 0.25) is 11.8 Å². The van der Waals surface area contributed by atoms with E-state index in [4.69, 9.17) is 4.52 Å². The van der Waals surface area contributed by atoms with Crippen LogP contribution in [0.1, 0.15) is 25.6 Å². The third-order valence-corrected chi connectivity index (χ3v) is 2.98. The second-order valence-corrected chi connectivity index (χ2v) is 4.68. The lowest BCUT2D eigenvalue weighted by atomic mass is 10.4. The van der Waals surface area contributed by atoms with Crippen molar-refractivity contribution < 1.29 is 9.32 Å². The predicted molar refractivity (Wildman–Crippen MR) is 76.5 cm³/mol. The van der Waals surface area contributed by atoms with E-state index in [1.54, 1.807) is 24.0 Å². The van der Waals surface area contributed by atoms with Crippen molar-refractivity contribution in [3.63, 3.8) is 0 Å². The standard InChI is InChI=1S/C13H20N6O2/c1-4-10-15-13(21-17-10)9-19(5-2)8-12(20)14-11-6-7-18(3)16-11/h6-7H,4-5,8-9H2,1-3H3,(H,14,16,20). The van der Waals surface area contributed by atoms with E-state index in [1.807, 2.05) is 18.7 Å². The first-order valence-corrected chi connectivity index (χ1v) is 6.94. The van der Waals surface area contributed by atoms with Crippen molar-refractivity contribution in [2.45, 2.75) is 26.8 Å². The molecule has 0 fully saturated rings. The fourth-order valence-electron chi connectivity index (χ4n) is 1.84. The monoisotopic (exact) mass is 292 g/mol. The number of amides is 1. The molecule has 0 radical (unpaired) electrons. The second kappa shape index (κ2) is 6.98. The molecule has 0 unspecified atom stereocenters. The number of rotatable bonds is 7. The van der Waals surface area contributed by atoms with Gasteiger partial charge in [0.1, 0.15) is 0 Å². The molecule has 2 heterocycles. The van der Waals surface area contributed by atoms with Gasteiger partial charge in [0, 0.05) is 25.7 Å². The summed E-state index contributed by atoms with van der Waals surface area (Å²) in [6.45, 7) is 5.35. The van der Waals surface area contributed by atoms with Gasteiger partial charge in [-0.25, -0.2) is 0 Å². The van der Waals surface area contributed by atoms with Gasteiger partial charge >= 0.3 is 0 Å². The van der Waals surface area contributed by atoms with Crippen LogP contribution >= 0.6 is 0 Å². The van der Waals surface area contributed by atoms with Crippen LogP contribution in [0.5, 0.6) is 0 Å². The molecule has 0 saturated carbocycles. The third-order valence-electron chi connectivity index (χ3n) is 2.98. The predicted octanol–water partition coefficient (Wildman–Crippen LogP) is 0.826. The molecule has 0 aliphatic rings. The minimum atomic E-state index is -0.120. The van der Waals surface area contributed by atoms with E-state index in [1.165, 1.54) is 0 Å². The van der Waals surface area contributed by atoms with Gasteiger partial charge in [0.25, 0.3) is 0 Å². The smallest absolute Gasteiger partial charge is 0.240 e. The summed E-state index contributed by atoms with van der Waals surface area (Å²) in [4.78, 5) is 18.1. The topological polar surface area (TPSA) is 89.1 Å². The average Bonchev–Trinajstić information content (AvgIpc) is 3.07. The van der Waals surface area contributed by atoms with Crippen molar-refractivity contribution in [1.82, 2.24) is 24.8 Å². The number of carbonyl (C=O) groups excluding carboxylic acids is 1. The highest BCUT2D eigenvalue weighted by Gasteiger charge is 2.14. The number of hydrogen-bond donors (Lipinski definition) is 1. The zero-order valence-electron chi connectivity index (χ0n) is 12.5. The van der Waals surface area contributed by atoms with E-state index in [0.717, 1.165) is 6.42 Å². The third kappa shape index (κ3) is 4.38. The maximum Gasteiger partial charge on any atom is 0.240 e. The summed E-state index contributed by atoms with van der Waals surface area (Å²) in [6.07, 6.45) is 2.51.